The van der Waals surface area contributed by atoms with Crippen LogP contribution in [0.1, 0.15) is 31.9 Å². The van der Waals surface area contributed by atoms with E-state index in [0.29, 0.717) is 11.6 Å². The van der Waals surface area contributed by atoms with Crippen LogP contribution in [0.15, 0.2) is 17.4 Å². The molecular weight excluding hydrogens is 230 g/mol. The summed E-state index contributed by atoms with van der Waals surface area (Å²) in [5.41, 5.74) is 6.00. The van der Waals surface area contributed by atoms with Crippen LogP contribution in [0, 0.1) is 5.92 Å². The Balaban J connectivity index is 2.17. The quantitative estimate of drug-likeness (QED) is 0.342. The summed E-state index contributed by atoms with van der Waals surface area (Å²) in [5, 5.41) is 11.6. The summed E-state index contributed by atoms with van der Waals surface area (Å²) in [5.74, 6) is 1.45. The van der Waals surface area contributed by atoms with E-state index in [4.69, 9.17) is 10.9 Å². The predicted octanol–water partition coefficient (Wildman–Crippen LogP) is 1.20. The lowest BCUT2D eigenvalue weighted by Gasteiger charge is -2.22. The van der Waals surface area contributed by atoms with Crippen molar-refractivity contribution in [2.24, 2.45) is 16.8 Å². The van der Waals surface area contributed by atoms with Crippen molar-refractivity contribution >= 4 is 11.8 Å². The summed E-state index contributed by atoms with van der Waals surface area (Å²) >= 11 is 0. The van der Waals surface area contributed by atoms with Gasteiger partial charge in [-0.1, -0.05) is 12.1 Å². The molecule has 1 aliphatic carbocycles. The molecule has 1 aliphatic rings. The molecule has 6 heteroatoms. The number of nitrogens with zero attached hydrogens (tertiary/aromatic N) is 4. The van der Waals surface area contributed by atoms with Crippen LogP contribution in [0.2, 0.25) is 0 Å². The van der Waals surface area contributed by atoms with Gasteiger partial charge in [0, 0.05) is 19.3 Å². The summed E-state index contributed by atoms with van der Waals surface area (Å²) in [6, 6.07) is 1.64. The van der Waals surface area contributed by atoms with Crippen molar-refractivity contribution in [3.05, 3.63) is 18.0 Å². The highest BCUT2D eigenvalue weighted by Crippen LogP contribution is 2.30. The number of oxime groups is 1. The number of amidine groups is 1. The maximum atomic E-state index is 8.67. The molecule has 1 aromatic rings. The second-order valence-corrected chi connectivity index (χ2v) is 4.62. The van der Waals surface area contributed by atoms with Gasteiger partial charge in [0.15, 0.2) is 5.84 Å². The van der Waals surface area contributed by atoms with Gasteiger partial charge in [0.05, 0.1) is 0 Å². The second-order valence-electron chi connectivity index (χ2n) is 4.62. The molecule has 1 aromatic heterocycles. The molecule has 0 aliphatic heterocycles. The molecule has 0 radical (unpaired) electrons. The Bertz CT molecular complexity index is 430. The summed E-state index contributed by atoms with van der Waals surface area (Å²) in [6.45, 7) is 4.05. The highest BCUT2D eigenvalue weighted by molar-refractivity contribution is 5.95. The molecule has 0 bridgehead atoms. The summed E-state index contributed by atoms with van der Waals surface area (Å²) in [7, 11) is 0. The van der Waals surface area contributed by atoms with Crippen molar-refractivity contribution < 1.29 is 5.21 Å². The normalized spacial score (nSPS) is 15.7. The summed E-state index contributed by atoms with van der Waals surface area (Å²) in [6.07, 6.45) is 5.27. The van der Waals surface area contributed by atoms with E-state index < -0.39 is 0 Å². The Morgan fingerprint density at radius 1 is 1.61 bits per heavy atom. The fourth-order valence-electron chi connectivity index (χ4n) is 1.85. The monoisotopic (exact) mass is 249 g/mol. The first-order chi connectivity index (χ1) is 8.74. The average Bonchev–Trinajstić information content (AvgIpc) is 3.21. The maximum absolute atomic E-state index is 8.67. The van der Waals surface area contributed by atoms with Gasteiger partial charge in [-0.05, 0) is 31.2 Å². The first kappa shape index (κ1) is 12.6. The van der Waals surface area contributed by atoms with Gasteiger partial charge in [-0.25, -0.2) is 9.97 Å². The van der Waals surface area contributed by atoms with Crippen molar-refractivity contribution in [1.82, 2.24) is 9.97 Å². The smallest absolute Gasteiger partial charge is 0.225 e. The van der Waals surface area contributed by atoms with Gasteiger partial charge in [-0.15, -0.1) is 0 Å². The molecule has 1 heterocycles. The van der Waals surface area contributed by atoms with Gasteiger partial charge in [0.2, 0.25) is 5.95 Å². The number of anilines is 1. The van der Waals surface area contributed by atoms with Crippen molar-refractivity contribution in [3.63, 3.8) is 0 Å². The van der Waals surface area contributed by atoms with Crippen molar-refractivity contribution in [1.29, 1.82) is 0 Å². The van der Waals surface area contributed by atoms with E-state index in [1.165, 1.54) is 12.8 Å². The van der Waals surface area contributed by atoms with Gasteiger partial charge in [-0.3, -0.25) is 0 Å². The Morgan fingerprint density at radius 2 is 2.39 bits per heavy atom. The van der Waals surface area contributed by atoms with Gasteiger partial charge in [0.1, 0.15) is 5.69 Å². The van der Waals surface area contributed by atoms with Crippen LogP contribution in [0.4, 0.5) is 5.95 Å². The first-order valence-electron chi connectivity index (χ1n) is 6.30. The number of hydrogen-bond acceptors (Lipinski definition) is 5. The molecule has 98 valence electrons. The van der Waals surface area contributed by atoms with Crippen LogP contribution in [0.3, 0.4) is 0 Å². The fraction of sp³-hybridized carbons (Fsp3) is 0.583. The first-order valence-corrected chi connectivity index (χ1v) is 6.30. The molecule has 1 fully saturated rings. The van der Waals surface area contributed by atoms with Gasteiger partial charge >= 0.3 is 0 Å². The summed E-state index contributed by atoms with van der Waals surface area (Å²) < 4.78 is 0. The molecule has 1 saturated carbocycles. The SMILES string of the molecule is CCCN(CC1CC1)c1nccc(/C(N)=N/O)n1. The molecule has 0 atom stereocenters. The highest BCUT2D eigenvalue weighted by atomic mass is 16.4. The van der Waals surface area contributed by atoms with Crippen LogP contribution in [-0.4, -0.2) is 34.1 Å². The van der Waals surface area contributed by atoms with Crippen molar-refractivity contribution in [3.8, 4) is 0 Å². The third kappa shape index (κ3) is 3.09. The number of aromatic nitrogens is 2. The second kappa shape index (κ2) is 5.66. The van der Waals surface area contributed by atoms with E-state index in [1.807, 2.05) is 0 Å². The summed E-state index contributed by atoms with van der Waals surface area (Å²) in [4.78, 5) is 10.8. The van der Waals surface area contributed by atoms with Crippen LogP contribution in [0.25, 0.3) is 0 Å². The molecule has 0 amide bonds. The molecule has 0 unspecified atom stereocenters. The maximum Gasteiger partial charge on any atom is 0.225 e. The highest BCUT2D eigenvalue weighted by Gasteiger charge is 2.25. The van der Waals surface area contributed by atoms with Crippen LogP contribution < -0.4 is 10.6 Å². The van der Waals surface area contributed by atoms with Crippen LogP contribution in [0.5, 0.6) is 0 Å². The lowest BCUT2D eigenvalue weighted by atomic mass is 10.3. The van der Waals surface area contributed by atoms with Crippen molar-refractivity contribution in [2.45, 2.75) is 26.2 Å². The Hall–Kier alpha value is -1.85. The topological polar surface area (TPSA) is 87.6 Å². The van der Waals surface area contributed by atoms with Crippen molar-refractivity contribution in [2.75, 3.05) is 18.0 Å². The van der Waals surface area contributed by atoms with E-state index >= 15 is 0 Å². The number of rotatable bonds is 6. The zero-order chi connectivity index (χ0) is 13.0. The molecule has 2 rings (SSSR count). The van der Waals surface area contributed by atoms with Crippen LogP contribution >= 0.6 is 0 Å². The standard InChI is InChI=1S/C12H19N5O/c1-2-7-17(8-9-3-4-9)12-14-6-5-10(15-12)11(13)16-18/h5-6,9,18H,2-4,7-8H2,1H3,(H2,13,16). The Labute approximate surface area is 107 Å². The molecule has 6 nitrogen and oxygen atoms in total. The van der Waals surface area contributed by atoms with Crippen LogP contribution in [-0.2, 0) is 0 Å². The number of hydrogen-bond donors (Lipinski definition) is 2. The predicted molar refractivity (Wildman–Crippen MR) is 69.8 cm³/mol. The van der Waals surface area contributed by atoms with E-state index in [0.717, 1.165) is 25.4 Å². The molecule has 3 N–H and O–H groups in total. The number of nitrogens with two attached hydrogens (primary N) is 1. The largest absolute Gasteiger partial charge is 0.409 e. The van der Waals surface area contributed by atoms with Gasteiger partial charge in [0.25, 0.3) is 0 Å². The molecule has 0 aromatic carbocycles. The zero-order valence-electron chi connectivity index (χ0n) is 10.6. The lowest BCUT2D eigenvalue weighted by molar-refractivity contribution is 0.318. The van der Waals surface area contributed by atoms with Gasteiger partial charge in [-0.2, -0.15) is 0 Å². The lowest BCUT2D eigenvalue weighted by Crippen LogP contribution is -2.29. The average molecular weight is 249 g/mol. The van der Waals surface area contributed by atoms with E-state index in [1.54, 1.807) is 12.3 Å². The third-order valence-corrected chi connectivity index (χ3v) is 2.96. The minimum atomic E-state index is 0.0153. The molecule has 18 heavy (non-hydrogen) atoms. The Morgan fingerprint density at radius 3 is 3.00 bits per heavy atom. The Kier molecular flexibility index (Phi) is 3.96. The molecular formula is C12H19N5O. The van der Waals surface area contributed by atoms with E-state index in [2.05, 4.69) is 26.9 Å². The fourth-order valence-corrected chi connectivity index (χ4v) is 1.85. The molecule has 0 saturated heterocycles. The minimum Gasteiger partial charge on any atom is -0.409 e. The van der Waals surface area contributed by atoms with E-state index in [9.17, 15) is 0 Å². The molecule has 0 spiro atoms. The van der Waals surface area contributed by atoms with E-state index in [-0.39, 0.29) is 5.84 Å². The third-order valence-electron chi connectivity index (χ3n) is 2.96. The minimum absolute atomic E-state index is 0.0153. The zero-order valence-corrected chi connectivity index (χ0v) is 10.6. The van der Waals surface area contributed by atoms with Gasteiger partial charge < -0.3 is 15.8 Å².